The summed E-state index contributed by atoms with van der Waals surface area (Å²) in [4.78, 5) is 16.9. The molecule has 1 aromatic carbocycles. The Hall–Kier alpha value is -1.74. The zero-order valence-electron chi connectivity index (χ0n) is 21.5. The van der Waals surface area contributed by atoms with Crippen molar-refractivity contribution in [2.24, 2.45) is 5.73 Å². The van der Waals surface area contributed by atoms with Crippen molar-refractivity contribution in [1.29, 1.82) is 0 Å². The van der Waals surface area contributed by atoms with E-state index in [-0.39, 0.29) is 11.5 Å². The number of allylic oxidation sites excluding steroid dienone is 2. The van der Waals surface area contributed by atoms with Gasteiger partial charge in [-0.05, 0) is 88.3 Å². The van der Waals surface area contributed by atoms with Crippen LogP contribution in [0.1, 0.15) is 73.9 Å². The molecule has 35 heavy (non-hydrogen) atoms. The molecule has 0 saturated carbocycles. The first-order valence-corrected chi connectivity index (χ1v) is 14.8. The van der Waals surface area contributed by atoms with Crippen molar-refractivity contribution < 1.29 is 17.9 Å². The third-order valence-electron chi connectivity index (χ3n) is 8.31. The number of ether oxygens (including phenoxy) is 1. The lowest BCUT2D eigenvalue weighted by Crippen LogP contribution is -2.52. The van der Waals surface area contributed by atoms with Crippen LogP contribution >= 0.6 is 0 Å². The molecule has 8 heteroatoms. The maximum atomic E-state index is 12.3. The van der Waals surface area contributed by atoms with Crippen LogP contribution in [0.3, 0.4) is 0 Å². The molecular formula is C27H41N3O4S. The Morgan fingerprint density at radius 3 is 2.43 bits per heavy atom. The third kappa shape index (κ3) is 5.98. The van der Waals surface area contributed by atoms with E-state index in [9.17, 15) is 13.2 Å². The third-order valence-corrected chi connectivity index (χ3v) is 9.92. The van der Waals surface area contributed by atoms with Crippen LogP contribution in [-0.2, 0) is 20.2 Å². The molecule has 0 bridgehead atoms. The summed E-state index contributed by atoms with van der Waals surface area (Å²) in [5.41, 5.74) is 9.17. The average molecular weight is 504 g/mol. The largest absolute Gasteiger partial charge is 0.369 e. The predicted octanol–water partition coefficient (Wildman–Crippen LogP) is 3.19. The van der Waals surface area contributed by atoms with E-state index in [0.29, 0.717) is 43.9 Å². The van der Waals surface area contributed by atoms with Gasteiger partial charge in [-0.2, -0.15) is 0 Å². The van der Waals surface area contributed by atoms with Gasteiger partial charge in [0.25, 0.3) is 0 Å². The van der Waals surface area contributed by atoms with Crippen molar-refractivity contribution in [3.8, 4) is 0 Å². The number of sulfone groups is 1. The fourth-order valence-electron chi connectivity index (χ4n) is 5.93. The molecule has 1 aromatic rings. The first-order chi connectivity index (χ1) is 16.6. The van der Waals surface area contributed by atoms with Crippen molar-refractivity contribution in [2.75, 3.05) is 44.8 Å². The second-order valence-corrected chi connectivity index (χ2v) is 13.0. The molecule has 2 atom stereocenters. The standard InChI is InChI=1S/C27H41N3O4S/c1-20-18-27(19-21(2)29(20)3,34-14-11-30-12-15-35(32,33)16-13-30)23-9-10-24(26(28)31)25(17-23)22-7-5-4-6-8-22/h7,9-10,17,20-21H,4-6,8,11-16,18-19H2,1-3H3,(H2,28,31). The van der Waals surface area contributed by atoms with Gasteiger partial charge in [-0.3, -0.25) is 9.69 Å². The first kappa shape index (κ1) is 26.3. The molecule has 2 fully saturated rings. The highest BCUT2D eigenvalue weighted by molar-refractivity contribution is 7.91. The van der Waals surface area contributed by atoms with Crippen molar-refractivity contribution in [3.05, 3.63) is 41.0 Å². The molecule has 4 rings (SSSR count). The summed E-state index contributed by atoms with van der Waals surface area (Å²) in [6, 6.07) is 6.76. The maximum Gasteiger partial charge on any atom is 0.249 e. The number of primary amides is 1. The van der Waals surface area contributed by atoms with Crippen LogP contribution in [0.5, 0.6) is 0 Å². The molecule has 1 aliphatic carbocycles. The van der Waals surface area contributed by atoms with Crippen LogP contribution < -0.4 is 5.73 Å². The summed E-state index contributed by atoms with van der Waals surface area (Å²) < 4.78 is 30.4. The fraction of sp³-hybridized carbons (Fsp3) is 0.667. The normalized spacial score (nSPS) is 30.1. The van der Waals surface area contributed by atoms with Crippen molar-refractivity contribution in [1.82, 2.24) is 9.80 Å². The maximum absolute atomic E-state index is 12.3. The zero-order chi connectivity index (χ0) is 25.2. The van der Waals surface area contributed by atoms with E-state index in [1.807, 2.05) is 12.1 Å². The van der Waals surface area contributed by atoms with E-state index in [0.717, 1.165) is 43.2 Å². The van der Waals surface area contributed by atoms with E-state index in [2.05, 4.69) is 42.8 Å². The molecule has 7 nitrogen and oxygen atoms in total. The number of benzene rings is 1. The smallest absolute Gasteiger partial charge is 0.249 e. The van der Waals surface area contributed by atoms with Gasteiger partial charge in [0.15, 0.2) is 9.84 Å². The van der Waals surface area contributed by atoms with E-state index in [4.69, 9.17) is 10.5 Å². The predicted molar refractivity (Wildman–Crippen MR) is 140 cm³/mol. The lowest BCUT2D eigenvalue weighted by Gasteiger charge is -2.48. The average Bonchev–Trinajstić information content (AvgIpc) is 2.83. The number of rotatable bonds is 7. The van der Waals surface area contributed by atoms with Gasteiger partial charge < -0.3 is 15.4 Å². The summed E-state index contributed by atoms with van der Waals surface area (Å²) >= 11 is 0. The highest BCUT2D eigenvalue weighted by Crippen LogP contribution is 2.43. The van der Waals surface area contributed by atoms with Crippen LogP contribution in [0.4, 0.5) is 0 Å². The molecule has 1 amide bonds. The number of piperidine rings is 1. The van der Waals surface area contributed by atoms with Crippen molar-refractivity contribution >= 4 is 21.3 Å². The number of hydrogen-bond donors (Lipinski definition) is 1. The van der Waals surface area contributed by atoms with Crippen LogP contribution in [-0.4, -0.2) is 81.0 Å². The summed E-state index contributed by atoms with van der Waals surface area (Å²) in [5, 5.41) is 0. The highest BCUT2D eigenvalue weighted by atomic mass is 32.2. The molecule has 2 N–H and O–H groups in total. The minimum Gasteiger partial charge on any atom is -0.369 e. The summed E-state index contributed by atoms with van der Waals surface area (Å²) in [7, 11) is -0.726. The Bertz CT molecular complexity index is 1040. The van der Waals surface area contributed by atoms with Gasteiger partial charge in [-0.15, -0.1) is 0 Å². The Balaban J connectivity index is 1.62. The van der Waals surface area contributed by atoms with Gasteiger partial charge in [-0.1, -0.05) is 12.1 Å². The van der Waals surface area contributed by atoms with Gasteiger partial charge in [0.1, 0.15) is 0 Å². The molecule has 194 valence electrons. The van der Waals surface area contributed by atoms with E-state index >= 15 is 0 Å². The Morgan fingerprint density at radius 1 is 1.14 bits per heavy atom. The number of hydrogen-bond acceptors (Lipinski definition) is 6. The van der Waals surface area contributed by atoms with Gasteiger partial charge >= 0.3 is 0 Å². The molecule has 0 radical (unpaired) electrons. The number of carbonyl (C=O) groups excluding carboxylic acids is 1. The summed E-state index contributed by atoms with van der Waals surface area (Å²) in [6.45, 7) is 6.88. The molecule has 2 saturated heterocycles. The SMILES string of the molecule is CC1CC(OCCN2CCS(=O)(=O)CC2)(c2ccc(C(N)=O)c(C3=CCCCC3)c2)CC(C)N1C. The molecule has 0 aromatic heterocycles. The van der Waals surface area contributed by atoms with Gasteiger partial charge in [0.2, 0.25) is 5.91 Å². The lowest BCUT2D eigenvalue weighted by atomic mass is 9.76. The number of carbonyl (C=O) groups is 1. The van der Waals surface area contributed by atoms with Gasteiger partial charge in [-0.25, -0.2) is 8.42 Å². The van der Waals surface area contributed by atoms with Crippen LogP contribution in [0.2, 0.25) is 0 Å². The second kappa shape index (κ2) is 10.7. The zero-order valence-corrected chi connectivity index (χ0v) is 22.3. The molecule has 3 aliphatic rings. The lowest BCUT2D eigenvalue weighted by molar-refractivity contribution is -0.118. The van der Waals surface area contributed by atoms with E-state index < -0.39 is 21.3 Å². The second-order valence-electron chi connectivity index (χ2n) is 10.7. The monoisotopic (exact) mass is 503 g/mol. The van der Waals surface area contributed by atoms with Crippen molar-refractivity contribution in [3.63, 3.8) is 0 Å². The van der Waals surface area contributed by atoms with Crippen LogP contribution in [0, 0.1) is 0 Å². The first-order valence-electron chi connectivity index (χ1n) is 13.0. The topological polar surface area (TPSA) is 92.9 Å². The minimum absolute atomic E-state index is 0.226. The van der Waals surface area contributed by atoms with Crippen LogP contribution in [0.15, 0.2) is 24.3 Å². The summed E-state index contributed by atoms with van der Waals surface area (Å²) in [5.74, 6) is 0.0619. The molecule has 2 unspecified atom stereocenters. The molecular weight excluding hydrogens is 462 g/mol. The summed E-state index contributed by atoms with van der Waals surface area (Å²) in [6.07, 6.45) is 8.27. The van der Waals surface area contributed by atoms with Crippen LogP contribution in [0.25, 0.3) is 5.57 Å². The Labute approximate surface area is 210 Å². The van der Waals surface area contributed by atoms with Gasteiger partial charge in [0, 0.05) is 37.3 Å². The van der Waals surface area contributed by atoms with E-state index in [1.54, 1.807) is 0 Å². The molecule has 2 aliphatic heterocycles. The fourth-order valence-corrected chi connectivity index (χ4v) is 7.21. The van der Waals surface area contributed by atoms with E-state index in [1.165, 1.54) is 12.0 Å². The van der Waals surface area contributed by atoms with Crippen molar-refractivity contribution in [2.45, 2.75) is 70.1 Å². The molecule has 2 heterocycles. The van der Waals surface area contributed by atoms with Gasteiger partial charge in [0.05, 0.1) is 23.7 Å². The highest BCUT2D eigenvalue weighted by Gasteiger charge is 2.43. The quantitative estimate of drug-likeness (QED) is 0.614. The minimum atomic E-state index is -2.89. The molecule has 0 spiro atoms. The number of nitrogens with zero attached hydrogens (tertiary/aromatic N) is 2. The number of amides is 1. The Kier molecular flexibility index (Phi) is 8.05. The number of nitrogens with two attached hydrogens (primary N) is 1. The Morgan fingerprint density at radius 2 is 1.83 bits per heavy atom. The number of likely N-dealkylation sites (tertiary alicyclic amines) is 1.